The molecule has 2 atom stereocenters. The third-order valence-corrected chi connectivity index (χ3v) is 6.31. The van der Waals surface area contributed by atoms with Gasteiger partial charge in [0.2, 0.25) is 0 Å². The SMILES string of the molecule is CCc1cccc(CNC[C@H](O)[C@H](Cc2cc(F)cc(F)c2)NC(=O)c2ccc(-n3c(=O)[nH][nH]c3=O)cc2)c1. The molecule has 0 aliphatic rings. The van der Waals surface area contributed by atoms with Gasteiger partial charge in [0.15, 0.2) is 0 Å². The summed E-state index contributed by atoms with van der Waals surface area (Å²) in [6.07, 6.45) is -0.222. The van der Waals surface area contributed by atoms with Crippen LogP contribution in [0.3, 0.4) is 0 Å². The van der Waals surface area contributed by atoms with Crippen LogP contribution in [-0.2, 0) is 19.4 Å². The summed E-state index contributed by atoms with van der Waals surface area (Å²) < 4.78 is 28.5. The zero-order valence-electron chi connectivity index (χ0n) is 21.2. The van der Waals surface area contributed by atoms with E-state index in [4.69, 9.17) is 0 Å². The van der Waals surface area contributed by atoms with E-state index < -0.39 is 41.1 Å². The lowest BCUT2D eigenvalue weighted by Crippen LogP contribution is -2.48. The van der Waals surface area contributed by atoms with Crippen LogP contribution in [0.25, 0.3) is 5.69 Å². The van der Waals surface area contributed by atoms with E-state index in [2.05, 4.69) is 33.8 Å². The molecule has 11 heteroatoms. The van der Waals surface area contributed by atoms with Gasteiger partial charge >= 0.3 is 11.4 Å². The fourth-order valence-electron chi connectivity index (χ4n) is 4.29. The number of amides is 1. The minimum atomic E-state index is -1.09. The molecule has 0 fully saturated rings. The molecule has 1 aromatic heterocycles. The number of hydrogen-bond acceptors (Lipinski definition) is 5. The number of carbonyl (C=O) groups is 1. The molecule has 204 valence electrons. The number of nitrogens with zero attached hydrogens (tertiary/aromatic N) is 1. The predicted octanol–water partition coefficient (Wildman–Crippen LogP) is 2.19. The molecular weight excluding hydrogens is 508 g/mol. The molecule has 5 N–H and O–H groups in total. The first-order valence-corrected chi connectivity index (χ1v) is 12.5. The number of H-pyrrole nitrogens is 2. The minimum absolute atomic E-state index is 0.0270. The van der Waals surface area contributed by atoms with Gasteiger partial charge in [0.1, 0.15) is 11.6 Å². The third-order valence-electron chi connectivity index (χ3n) is 6.31. The van der Waals surface area contributed by atoms with Gasteiger partial charge < -0.3 is 15.7 Å². The quantitative estimate of drug-likeness (QED) is 0.200. The summed E-state index contributed by atoms with van der Waals surface area (Å²) in [6, 6.07) is 15.9. The molecule has 0 bridgehead atoms. The van der Waals surface area contributed by atoms with E-state index in [9.17, 15) is 28.3 Å². The number of aromatic amines is 2. The van der Waals surface area contributed by atoms with Gasteiger partial charge in [0.25, 0.3) is 5.91 Å². The maximum atomic E-state index is 13.8. The molecule has 0 aliphatic heterocycles. The largest absolute Gasteiger partial charge is 0.390 e. The van der Waals surface area contributed by atoms with Gasteiger partial charge in [-0.1, -0.05) is 31.2 Å². The number of nitrogens with one attached hydrogen (secondary N) is 4. The Morgan fingerprint density at radius 1 is 0.923 bits per heavy atom. The zero-order valence-corrected chi connectivity index (χ0v) is 21.2. The summed E-state index contributed by atoms with van der Waals surface area (Å²) in [5.74, 6) is -2.07. The zero-order chi connectivity index (χ0) is 27.9. The third kappa shape index (κ3) is 7.15. The van der Waals surface area contributed by atoms with Crippen LogP contribution in [0, 0.1) is 11.6 Å². The molecule has 4 rings (SSSR count). The van der Waals surface area contributed by atoms with Crippen LogP contribution in [0.1, 0.15) is 34.0 Å². The number of aliphatic hydroxyl groups is 1. The Bertz CT molecular complexity index is 1500. The van der Waals surface area contributed by atoms with E-state index >= 15 is 0 Å². The first-order valence-electron chi connectivity index (χ1n) is 12.5. The standard InChI is InChI=1S/C28H29F2N5O4/c1-2-17-4-3-5-18(10-17)15-31-16-25(36)24(13-19-11-21(29)14-22(30)12-19)32-26(37)20-6-8-23(9-7-20)35-27(38)33-34-28(35)39/h3-12,14,24-25,31,36H,2,13,15-16H2,1H3,(H,32,37)(H,33,38)(H,34,39)/t24-,25-/m0/s1. The van der Waals surface area contributed by atoms with Crippen LogP contribution in [0.2, 0.25) is 0 Å². The van der Waals surface area contributed by atoms with Gasteiger partial charge in [0, 0.05) is 24.7 Å². The van der Waals surface area contributed by atoms with Gasteiger partial charge in [-0.15, -0.1) is 0 Å². The second-order valence-corrected chi connectivity index (χ2v) is 9.18. The molecule has 0 saturated heterocycles. The summed E-state index contributed by atoms with van der Waals surface area (Å²) in [5.41, 5.74) is 1.63. The number of aromatic nitrogens is 3. The second-order valence-electron chi connectivity index (χ2n) is 9.18. The van der Waals surface area contributed by atoms with Crippen molar-refractivity contribution in [3.63, 3.8) is 0 Å². The van der Waals surface area contributed by atoms with Crippen molar-refractivity contribution in [2.75, 3.05) is 6.54 Å². The van der Waals surface area contributed by atoms with E-state index in [1.165, 1.54) is 29.8 Å². The maximum Gasteiger partial charge on any atom is 0.348 e. The lowest BCUT2D eigenvalue weighted by atomic mass is 10.00. The van der Waals surface area contributed by atoms with E-state index in [1.54, 1.807) is 0 Å². The highest BCUT2D eigenvalue weighted by molar-refractivity contribution is 5.94. The Morgan fingerprint density at radius 2 is 1.56 bits per heavy atom. The van der Waals surface area contributed by atoms with Crippen LogP contribution in [0.15, 0.2) is 76.3 Å². The average molecular weight is 538 g/mol. The second kappa shape index (κ2) is 12.5. The lowest BCUT2D eigenvalue weighted by Gasteiger charge is -2.25. The van der Waals surface area contributed by atoms with Gasteiger partial charge in [0.05, 0.1) is 17.8 Å². The summed E-state index contributed by atoms with van der Waals surface area (Å²) in [4.78, 5) is 36.7. The normalized spacial score (nSPS) is 12.7. The van der Waals surface area contributed by atoms with E-state index in [0.29, 0.717) is 6.54 Å². The van der Waals surface area contributed by atoms with Crippen molar-refractivity contribution < 1.29 is 18.7 Å². The molecule has 1 amide bonds. The molecule has 0 spiro atoms. The van der Waals surface area contributed by atoms with Crippen molar-refractivity contribution in [2.24, 2.45) is 0 Å². The highest BCUT2D eigenvalue weighted by Gasteiger charge is 2.23. The molecule has 3 aromatic carbocycles. The predicted molar refractivity (Wildman–Crippen MR) is 142 cm³/mol. The summed E-state index contributed by atoms with van der Waals surface area (Å²) >= 11 is 0. The van der Waals surface area contributed by atoms with Gasteiger partial charge in [-0.3, -0.25) is 4.79 Å². The fraction of sp³-hybridized carbons (Fsp3) is 0.250. The number of aliphatic hydroxyl groups excluding tert-OH is 1. The molecule has 0 saturated carbocycles. The number of hydrogen-bond donors (Lipinski definition) is 5. The van der Waals surface area contributed by atoms with Crippen LogP contribution in [0.4, 0.5) is 8.78 Å². The summed E-state index contributed by atoms with van der Waals surface area (Å²) in [6.45, 7) is 2.66. The monoisotopic (exact) mass is 537 g/mol. The van der Waals surface area contributed by atoms with Crippen molar-refractivity contribution in [2.45, 2.75) is 38.5 Å². The van der Waals surface area contributed by atoms with Gasteiger partial charge in [-0.05, 0) is 65.9 Å². The van der Waals surface area contributed by atoms with Crippen LogP contribution >= 0.6 is 0 Å². The van der Waals surface area contributed by atoms with Gasteiger partial charge in [-0.25, -0.2) is 33.1 Å². The maximum absolute atomic E-state index is 13.8. The van der Waals surface area contributed by atoms with Crippen molar-refractivity contribution in [3.8, 4) is 5.69 Å². The molecule has 39 heavy (non-hydrogen) atoms. The van der Waals surface area contributed by atoms with Crippen LogP contribution in [0.5, 0.6) is 0 Å². The van der Waals surface area contributed by atoms with Crippen LogP contribution in [-0.4, -0.2) is 44.5 Å². The topological polar surface area (TPSA) is 132 Å². The Kier molecular flexibility index (Phi) is 8.84. The Labute approximate surface area is 222 Å². The smallest absolute Gasteiger partial charge is 0.348 e. The number of carbonyl (C=O) groups excluding carboxylic acids is 1. The lowest BCUT2D eigenvalue weighted by molar-refractivity contribution is 0.0830. The number of benzene rings is 3. The minimum Gasteiger partial charge on any atom is -0.390 e. The van der Waals surface area contributed by atoms with Crippen molar-refractivity contribution in [1.29, 1.82) is 0 Å². The average Bonchev–Trinajstić information content (AvgIpc) is 3.25. The molecule has 0 radical (unpaired) electrons. The number of rotatable bonds is 11. The number of halogens is 2. The van der Waals surface area contributed by atoms with Crippen LogP contribution < -0.4 is 22.0 Å². The molecule has 1 heterocycles. The molecule has 4 aromatic rings. The summed E-state index contributed by atoms with van der Waals surface area (Å²) in [5, 5.41) is 21.2. The van der Waals surface area contributed by atoms with E-state index in [-0.39, 0.29) is 29.8 Å². The first-order chi connectivity index (χ1) is 18.7. The van der Waals surface area contributed by atoms with E-state index in [0.717, 1.165) is 34.8 Å². The first kappa shape index (κ1) is 27.7. The molecule has 0 aliphatic carbocycles. The van der Waals surface area contributed by atoms with Crippen molar-refractivity contribution >= 4 is 5.91 Å². The Balaban J connectivity index is 1.48. The van der Waals surface area contributed by atoms with E-state index in [1.807, 2.05) is 18.2 Å². The Hall–Kier alpha value is -4.35. The molecule has 0 unspecified atom stereocenters. The highest BCUT2D eigenvalue weighted by Crippen LogP contribution is 2.14. The van der Waals surface area contributed by atoms with Crippen molar-refractivity contribution in [1.82, 2.24) is 25.4 Å². The highest BCUT2D eigenvalue weighted by atomic mass is 19.1. The molecular formula is C28H29F2N5O4. The molecule has 9 nitrogen and oxygen atoms in total. The summed E-state index contributed by atoms with van der Waals surface area (Å²) in [7, 11) is 0. The number of aryl methyl sites for hydroxylation is 1. The van der Waals surface area contributed by atoms with Gasteiger partial charge in [-0.2, -0.15) is 0 Å². The van der Waals surface area contributed by atoms with Crippen molar-refractivity contribution in [3.05, 3.63) is 122 Å². The fourth-order valence-corrected chi connectivity index (χ4v) is 4.29. The Morgan fingerprint density at radius 3 is 2.21 bits per heavy atom.